The highest BCUT2D eigenvalue weighted by Crippen LogP contribution is 2.14. The predicted molar refractivity (Wildman–Crippen MR) is 48.5 cm³/mol. The Kier molecular flexibility index (Phi) is 3.09. The zero-order valence-electron chi connectivity index (χ0n) is 6.46. The molecule has 0 saturated carbocycles. The second-order valence-corrected chi connectivity index (χ2v) is 3.00. The van der Waals surface area contributed by atoms with Crippen LogP contribution in [-0.4, -0.2) is 0 Å². The molecule has 1 aromatic rings. The molecule has 58 valence electrons. The molecule has 11 heavy (non-hydrogen) atoms. The summed E-state index contributed by atoms with van der Waals surface area (Å²) < 4.78 is 5.34. The van der Waals surface area contributed by atoms with E-state index in [1.54, 1.807) is 11.8 Å². The monoisotopic (exact) mass is 166 g/mol. The Morgan fingerprint density at radius 1 is 1.73 bits per heavy atom. The van der Waals surface area contributed by atoms with Crippen LogP contribution in [0.4, 0.5) is 0 Å². The number of hydrogen-bond acceptors (Lipinski definition) is 2. The number of thioether (sulfide) groups is 1. The average molecular weight is 166 g/mol. The molecule has 0 aliphatic heterocycles. The Hall–Kier alpha value is -0.850. The third kappa shape index (κ3) is 2.71. The van der Waals surface area contributed by atoms with Gasteiger partial charge in [-0.2, -0.15) is 0 Å². The lowest BCUT2D eigenvalue weighted by atomic mass is 10.5. The molecular weight excluding hydrogens is 156 g/mol. The summed E-state index contributed by atoms with van der Waals surface area (Å²) in [6.45, 7) is 5.41. The van der Waals surface area contributed by atoms with E-state index in [9.17, 15) is 0 Å². The average Bonchev–Trinajstić information content (AvgIpc) is 2.37. The van der Waals surface area contributed by atoms with E-state index in [4.69, 9.17) is 4.42 Å². The van der Waals surface area contributed by atoms with Crippen molar-refractivity contribution in [2.75, 3.05) is 0 Å². The molecule has 1 nitrogen and oxygen atoms in total. The first kappa shape index (κ1) is 8.25. The number of rotatable bonds is 3. The molecule has 0 aliphatic carbocycles. The summed E-state index contributed by atoms with van der Waals surface area (Å²) >= 11 is 1.63. The number of aryl methyl sites for hydroxylation is 1. The van der Waals surface area contributed by atoms with Crippen LogP contribution in [0.15, 0.2) is 34.3 Å². The van der Waals surface area contributed by atoms with Gasteiger partial charge in [0.25, 0.3) is 0 Å². The van der Waals surface area contributed by atoms with Crippen molar-refractivity contribution in [1.29, 1.82) is 0 Å². The molecule has 1 aromatic heterocycles. The fourth-order valence-electron chi connectivity index (χ4n) is 0.745. The maximum Gasteiger partial charge on any atom is 0.114 e. The Morgan fingerprint density at radius 2 is 2.55 bits per heavy atom. The van der Waals surface area contributed by atoms with Crippen LogP contribution in [0.2, 0.25) is 0 Å². The molecule has 0 N–H and O–H groups in total. The second-order valence-electron chi connectivity index (χ2n) is 2.15. The van der Waals surface area contributed by atoms with Crippen LogP contribution in [0.5, 0.6) is 0 Å². The molecular formula is C9H10OS. The maximum absolute atomic E-state index is 5.34. The molecule has 1 rings (SSSR count). The van der Waals surface area contributed by atoms with Crippen LogP contribution < -0.4 is 0 Å². The van der Waals surface area contributed by atoms with Crippen molar-refractivity contribution in [3.05, 3.63) is 41.4 Å². The van der Waals surface area contributed by atoms with Gasteiger partial charge >= 0.3 is 0 Å². The summed E-state index contributed by atoms with van der Waals surface area (Å²) in [6, 6.07) is 3.95. The molecule has 0 radical (unpaired) electrons. The minimum atomic E-state index is 0.857. The topological polar surface area (TPSA) is 13.1 Å². The summed E-state index contributed by atoms with van der Waals surface area (Å²) in [5.41, 5.74) is 2.69. The van der Waals surface area contributed by atoms with E-state index in [1.807, 2.05) is 24.5 Å². The van der Waals surface area contributed by atoms with Crippen molar-refractivity contribution in [3.8, 4) is 0 Å². The number of furan rings is 1. The minimum Gasteiger partial charge on any atom is -0.465 e. The first-order chi connectivity index (χ1) is 5.33. The molecule has 0 unspecified atom stereocenters. The molecule has 0 atom stereocenters. The fraction of sp³-hybridized carbons (Fsp3) is 0.222. The lowest BCUT2D eigenvalue weighted by Crippen LogP contribution is -1.69. The van der Waals surface area contributed by atoms with Crippen molar-refractivity contribution in [2.45, 2.75) is 12.7 Å². The van der Waals surface area contributed by atoms with E-state index < -0.39 is 0 Å². The maximum atomic E-state index is 5.34. The normalized spacial score (nSPS) is 9.18. The molecule has 0 bridgehead atoms. The van der Waals surface area contributed by atoms with Gasteiger partial charge in [-0.1, -0.05) is 6.58 Å². The van der Waals surface area contributed by atoms with Crippen LogP contribution in [0.1, 0.15) is 11.5 Å². The van der Waals surface area contributed by atoms with Gasteiger partial charge in [-0.3, -0.25) is 0 Å². The van der Waals surface area contributed by atoms with E-state index in [-0.39, 0.29) is 0 Å². The Bertz CT molecular complexity index is 269. The van der Waals surface area contributed by atoms with Gasteiger partial charge in [-0.05, 0) is 19.1 Å². The molecule has 0 aromatic carbocycles. The Morgan fingerprint density at radius 3 is 3.09 bits per heavy atom. The van der Waals surface area contributed by atoms with Gasteiger partial charge in [0.1, 0.15) is 11.5 Å². The van der Waals surface area contributed by atoms with E-state index in [2.05, 4.69) is 12.3 Å². The molecule has 0 spiro atoms. The largest absolute Gasteiger partial charge is 0.465 e. The standard InChI is InChI=1S/C9H10OS/c1-3-6-11-7-9-5-4-8(2)10-9/h4-6H,1,7H2,2H3. The van der Waals surface area contributed by atoms with Crippen molar-refractivity contribution in [3.63, 3.8) is 0 Å². The molecule has 1 heterocycles. The van der Waals surface area contributed by atoms with Gasteiger partial charge in [0.15, 0.2) is 0 Å². The van der Waals surface area contributed by atoms with Crippen molar-refractivity contribution >= 4 is 11.8 Å². The third-order valence-electron chi connectivity index (χ3n) is 1.19. The minimum absolute atomic E-state index is 0.857. The lowest BCUT2D eigenvalue weighted by Gasteiger charge is -1.88. The molecule has 0 saturated heterocycles. The Balaban J connectivity index is 2.44. The highest BCUT2D eigenvalue weighted by atomic mass is 32.2. The van der Waals surface area contributed by atoms with Gasteiger partial charge in [0.05, 0.1) is 5.75 Å². The smallest absolute Gasteiger partial charge is 0.114 e. The summed E-state index contributed by atoms with van der Waals surface area (Å²) in [6.07, 6.45) is 0. The van der Waals surface area contributed by atoms with Crippen LogP contribution in [0.3, 0.4) is 0 Å². The zero-order chi connectivity index (χ0) is 8.10. The molecule has 0 aliphatic rings. The summed E-state index contributed by atoms with van der Waals surface area (Å²) in [4.78, 5) is 0. The molecule has 0 amide bonds. The van der Waals surface area contributed by atoms with Crippen molar-refractivity contribution < 1.29 is 4.42 Å². The van der Waals surface area contributed by atoms with Crippen molar-refractivity contribution in [1.82, 2.24) is 0 Å². The van der Waals surface area contributed by atoms with Gasteiger partial charge in [-0.25, -0.2) is 0 Å². The van der Waals surface area contributed by atoms with E-state index in [0.717, 1.165) is 17.3 Å². The van der Waals surface area contributed by atoms with Gasteiger partial charge in [-0.15, -0.1) is 17.5 Å². The third-order valence-corrected chi connectivity index (χ3v) is 1.97. The first-order valence-corrected chi connectivity index (χ1v) is 4.39. The highest BCUT2D eigenvalue weighted by Gasteiger charge is 1.95. The van der Waals surface area contributed by atoms with E-state index in [1.165, 1.54) is 0 Å². The second kappa shape index (κ2) is 4.12. The van der Waals surface area contributed by atoms with Crippen molar-refractivity contribution in [2.24, 2.45) is 0 Å². The first-order valence-electron chi connectivity index (χ1n) is 3.34. The fourth-order valence-corrected chi connectivity index (χ4v) is 1.27. The molecule has 0 fully saturated rings. The van der Waals surface area contributed by atoms with E-state index in [0.29, 0.717) is 0 Å². The highest BCUT2D eigenvalue weighted by molar-refractivity contribution is 8.01. The SMILES string of the molecule is C=C=CSCc1ccc(C)o1. The summed E-state index contributed by atoms with van der Waals surface area (Å²) in [7, 11) is 0. The van der Waals surface area contributed by atoms with E-state index >= 15 is 0 Å². The van der Waals surface area contributed by atoms with Crippen LogP contribution in [0.25, 0.3) is 0 Å². The van der Waals surface area contributed by atoms with Crippen LogP contribution in [-0.2, 0) is 5.75 Å². The zero-order valence-corrected chi connectivity index (χ0v) is 7.28. The predicted octanol–water partition coefficient (Wildman–Crippen LogP) is 3.12. The summed E-state index contributed by atoms with van der Waals surface area (Å²) in [5, 5.41) is 1.83. The van der Waals surface area contributed by atoms with Crippen LogP contribution in [0, 0.1) is 6.92 Å². The van der Waals surface area contributed by atoms with Gasteiger partial charge in [0, 0.05) is 5.41 Å². The van der Waals surface area contributed by atoms with Gasteiger partial charge in [0.2, 0.25) is 0 Å². The molecule has 2 heteroatoms. The number of hydrogen-bond donors (Lipinski definition) is 0. The van der Waals surface area contributed by atoms with Crippen LogP contribution >= 0.6 is 11.8 Å². The Labute approximate surface area is 70.8 Å². The van der Waals surface area contributed by atoms with Gasteiger partial charge < -0.3 is 4.42 Å². The lowest BCUT2D eigenvalue weighted by molar-refractivity contribution is 0.501. The quantitative estimate of drug-likeness (QED) is 0.640. The summed E-state index contributed by atoms with van der Waals surface area (Å²) in [5.74, 6) is 2.82.